The van der Waals surface area contributed by atoms with Crippen LogP contribution in [0, 0.1) is 57.2 Å². The van der Waals surface area contributed by atoms with Crippen LogP contribution in [0.5, 0.6) is 0 Å². The molecule has 4 aliphatic rings. The summed E-state index contributed by atoms with van der Waals surface area (Å²) >= 11 is 0. The van der Waals surface area contributed by atoms with Crippen molar-refractivity contribution in [2.75, 3.05) is 7.11 Å². The van der Waals surface area contributed by atoms with E-state index in [-0.39, 0.29) is 11.4 Å². The minimum Gasteiger partial charge on any atom is -0.469 e. The van der Waals surface area contributed by atoms with E-state index < -0.39 is 0 Å². The highest BCUT2D eigenvalue weighted by molar-refractivity contribution is 5.69. The van der Waals surface area contributed by atoms with Gasteiger partial charge in [-0.05, 0) is 109 Å². The van der Waals surface area contributed by atoms with E-state index in [1.54, 1.807) is 0 Å². The first-order valence-corrected chi connectivity index (χ1v) is 14.1. The third-order valence-electron chi connectivity index (χ3n) is 12.6. The maximum atomic E-state index is 12.2. The SMILES string of the molecule is COC(=O)CCC1(C)C(C(C)C)CCC2(C)C1CC=C1C3C(C)C(C)CCC3(C)CCC12C. The van der Waals surface area contributed by atoms with Crippen molar-refractivity contribution in [2.45, 2.75) is 113 Å². The molecule has 0 amide bonds. The van der Waals surface area contributed by atoms with Gasteiger partial charge in [-0.3, -0.25) is 4.79 Å². The Hall–Kier alpha value is -0.790. The van der Waals surface area contributed by atoms with Gasteiger partial charge in [0.05, 0.1) is 7.11 Å². The fraction of sp³-hybridized carbons (Fsp3) is 0.903. The predicted molar refractivity (Wildman–Crippen MR) is 138 cm³/mol. The number of methoxy groups -OCH3 is 1. The average Bonchev–Trinajstić information content (AvgIpc) is 2.76. The van der Waals surface area contributed by atoms with Crippen molar-refractivity contribution in [3.63, 3.8) is 0 Å². The number of carbonyl (C=O) groups is 1. The highest BCUT2D eigenvalue weighted by atomic mass is 16.5. The van der Waals surface area contributed by atoms with E-state index in [0.29, 0.717) is 40.4 Å². The van der Waals surface area contributed by atoms with Crippen LogP contribution in [0.2, 0.25) is 0 Å². The fourth-order valence-electron chi connectivity index (χ4n) is 10.2. The number of esters is 1. The van der Waals surface area contributed by atoms with Gasteiger partial charge in [-0.25, -0.2) is 0 Å². The van der Waals surface area contributed by atoms with E-state index in [4.69, 9.17) is 4.74 Å². The maximum absolute atomic E-state index is 12.2. The molecule has 0 N–H and O–H groups in total. The second-order valence-corrected chi connectivity index (χ2v) is 14.2. The molecule has 0 aromatic heterocycles. The predicted octanol–water partition coefficient (Wildman–Crippen LogP) is 8.45. The Morgan fingerprint density at radius 2 is 1.76 bits per heavy atom. The van der Waals surface area contributed by atoms with E-state index in [1.807, 2.05) is 5.57 Å². The van der Waals surface area contributed by atoms with Gasteiger partial charge in [-0.15, -0.1) is 0 Å². The maximum Gasteiger partial charge on any atom is 0.305 e. The lowest BCUT2D eigenvalue weighted by Gasteiger charge is -2.69. The lowest BCUT2D eigenvalue weighted by atomic mass is 9.35. The lowest BCUT2D eigenvalue weighted by molar-refractivity contribution is -0.161. The quantitative estimate of drug-likeness (QED) is 0.313. The van der Waals surface area contributed by atoms with Crippen LogP contribution in [0.3, 0.4) is 0 Å². The molecule has 0 heterocycles. The summed E-state index contributed by atoms with van der Waals surface area (Å²) in [5.41, 5.74) is 3.12. The Balaban J connectivity index is 1.77. The Labute approximate surface area is 204 Å². The van der Waals surface area contributed by atoms with Crippen LogP contribution in [0.25, 0.3) is 0 Å². The van der Waals surface area contributed by atoms with E-state index in [9.17, 15) is 4.79 Å². The van der Waals surface area contributed by atoms with Gasteiger partial charge in [0, 0.05) is 6.42 Å². The fourth-order valence-corrected chi connectivity index (χ4v) is 10.2. The molecular weight excluding hydrogens is 404 g/mol. The molecule has 0 spiro atoms. The third kappa shape index (κ3) is 3.58. The topological polar surface area (TPSA) is 26.3 Å². The zero-order valence-electron chi connectivity index (χ0n) is 23.2. The molecule has 0 aromatic rings. The third-order valence-corrected chi connectivity index (χ3v) is 12.6. The number of ether oxygens (including phenoxy) is 1. The van der Waals surface area contributed by atoms with E-state index in [2.05, 4.69) is 61.5 Å². The van der Waals surface area contributed by atoms with Crippen molar-refractivity contribution in [3.05, 3.63) is 11.6 Å². The molecular formula is C31H52O2. The van der Waals surface area contributed by atoms with Crippen LogP contribution in [0.1, 0.15) is 113 Å². The molecule has 0 bridgehead atoms. The van der Waals surface area contributed by atoms with Gasteiger partial charge in [0.2, 0.25) is 0 Å². The van der Waals surface area contributed by atoms with E-state index in [1.165, 1.54) is 52.1 Å². The second-order valence-electron chi connectivity index (χ2n) is 14.2. The van der Waals surface area contributed by atoms with Crippen LogP contribution in [0.4, 0.5) is 0 Å². The number of hydrogen-bond acceptors (Lipinski definition) is 2. The van der Waals surface area contributed by atoms with Crippen molar-refractivity contribution in [1.82, 2.24) is 0 Å². The number of carbonyl (C=O) groups excluding carboxylic acids is 1. The van der Waals surface area contributed by atoms with Gasteiger partial charge in [-0.2, -0.15) is 0 Å². The average molecular weight is 457 g/mol. The first kappa shape index (κ1) is 25.3. The first-order valence-electron chi connectivity index (χ1n) is 14.1. The Kier molecular flexibility index (Phi) is 6.45. The summed E-state index contributed by atoms with van der Waals surface area (Å²) in [4.78, 5) is 12.2. The molecule has 0 aromatic carbocycles. The first-order chi connectivity index (χ1) is 15.3. The normalized spacial score (nSPS) is 49.5. The molecule has 0 radical (unpaired) electrons. The molecule has 0 aliphatic heterocycles. The summed E-state index contributed by atoms with van der Waals surface area (Å²) < 4.78 is 5.09. The summed E-state index contributed by atoms with van der Waals surface area (Å²) in [6, 6.07) is 0. The highest BCUT2D eigenvalue weighted by Crippen LogP contribution is 2.74. The molecule has 3 fully saturated rings. The summed E-state index contributed by atoms with van der Waals surface area (Å²) in [7, 11) is 1.54. The van der Waals surface area contributed by atoms with Crippen LogP contribution in [0.15, 0.2) is 11.6 Å². The molecule has 9 unspecified atom stereocenters. The van der Waals surface area contributed by atoms with Gasteiger partial charge in [0.15, 0.2) is 0 Å². The monoisotopic (exact) mass is 456 g/mol. The number of rotatable bonds is 4. The molecule has 33 heavy (non-hydrogen) atoms. The van der Waals surface area contributed by atoms with Gasteiger partial charge < -0.3 is 4.74 Å². The molecule has 3 saturated carbocycles. The smallest absolute Gasteiger partial charge is 0.305 e. The Bertz CT molecular complexity index is 797. The molecule has 9 atom stereocenters. The zero-order valence-corrected chi connectivity index (χ0v) is 23.2. The molecule has 2 nitrogen and oxygen atoms in total. The standard InChI is InChI=1S/C31H52O2/c1-20(2)23-13-17-31(8)25(29(23,6)16-14-26(32)33-9)11-10-24-27-22(4)21(3)12-15-28(27,5)18-19-30(24,31)7/h10,20-23,25,27H,11-19H2,1-9H3. The van der Waals surface area contributed by atoms with Gasteiger partial charge >= 0.3 is 5.97 Å². The van der Waals surface area contributed by atoms with E-state index in [0.717, 1.165) is 24.2 Å². The second kappa shape index (κ2) is 8.41. The lowest BCUT2D eigenvalue weighted by Crippen LogP contribution is -2.61. The van der Waals surface area contributed by atoms with Crippen molar-refractivity contribution < 1.29 is 9.53 Å². The minimum absolute atomic E-state index is 0.0392. The van der Waals surface area contributed by atoms with Crippen molar-refractivity contribution >= 4 is 5.97 Å². The summed E-state index contributed by atoms with van der Waals surface area (Å²) in [6.07, 6.45) is 13.7. The van der Waals surface area contributed by atoms with Crippen molar-refractivity contribution in [3.8, 4) is 0 Å². The number of hydrogen-bond donors (Lipinski definition) is 0. The van der Waals surface area contributed by atoms with Crippen molar-refractivity contribution in [2.24, 2.45) is 57.2 Å². The van der Waals surface area contributed by atoms with Crippen LogP contribution in [-0.2, 0) is 9.53 Å². The van der Waals surface area contributed by atoms with Gasteiger partial charge in [0.1, 0.15) is 0 Å². The Morgan fingerprint density at radius 3 is 2.39 bits per heavy atom. The molecule has 4 aliphatic carbocycles. The largest absolute Gasteiger partial charge is 0.469 e. The number of allylic oxidation sites excluding steroid dienone is 2. The molecule has 0 saturated heterocycles. The minimum atomic E-state index is -0.0392. The van der Waals surface area contributed by atoms with Crippen LogP contribution >= 0.6 is 0 Å². The Morgan fingerprint density at radius 1 is 1.06 bits per heavy atom. The zero-order chi connectivity index (χ0) is 24.4. The van der Waals surface area contributed by atoms with E-state index >= 15 is 0 Å². The molecule has 2 heteroatoms. The summed E-state index contributed by atoms with van der Waals surface area (Å²) in [5.74, 6) is 4.31. The van der Waals surface area contributed by atoms with Crippen LogP contribution in [-0.4, -0.2) is 13.1 Å². The highest BCUT2D eigenvalue weighted by Gasteiger charge is 2.65. The summed E-state index contributed by atoms with van der Waals surface area (Å²) in [5, 5.41) is 0. The van der Waals surface area contributed by atoms with Gasteiger partial charge in [-0.1, -0.05) is 67.0 Å². The number of fused-ring (bicyclic) bond motifs is 5. The molecule has 188 valence electrons. The van der Waals surface area contributed by atoms with Crippen molar-refractivity contribution in [1.29, 1.82) is 0 Å². The summed E-state index contributed by atoms with van der Waals surface area (Å²) in [6.45, 7) is 20.4. The molecule has 4 rings (SSSR count). The van der Waals surface area contributed by atoms with Gasteiger partial charge in [0.25, 0.3) is 0 Å². The van der Waals surface area contributed by atoms with Crippen LogP contribution < -0.4 is 0 Å².